The Bertz CT molecular complexity index is 380. The second kappa shape index (κ2) is 5.28. The van der Waals surface area contributed by atoms with Crippen molar-refractivity contribution in [1.82, 2.24) is 0 Å². The highest BCUT2D eigenvalue weighted by atomic mass is 32.2. The van der Waals surface area contributed by atoms with Crippen LogP contribution in [0.1, 0.15) is 5.56 Å². The van der Waals surface area contributed by atoms with Crippen molar-refractivity contribution >= 4 is 11.4 Å². The van der Waals surface area contributed by atoms with Crippen molar-refractivity contribution in [3.63, 3.8) is 0 Å². The molecule has 8 heteroatoms. The Balaban J connectivity index is 2.79. The monoisotopic (exact) mass is 255 g/mol. The Kier molecular flexibility index (Phi) is 4.27. The van der Waals surface area contributed by atoms with Gasteiger partial charge >= 0.3 is 6.36 Å². The van der Waals surface area contributed by atoms with Crippen molar-refractivity contribution in [2.75, 3.05) is 0 Å². The minimum absolute atomic E-state index is 0.0102. The number of hydrogen-bond donors (Lipinski definition) is 0. The Hall–Kier alpha value is -1.12. The van der Waals surface area contributed by atoms with Crippen LogP contribution in [0.3, 0.4) is 0 Å². The zero-order valence-corrected chi connectivity index (χ0v) is 8.51. The van der Waals surface area contributed by atoms with Gasteiger partial charge in [0, 0.05) is 5.56 Å². The minimum atomic E-state index is -4.83. The number of benzene rings is 1. The largest absolute Gasteiger partial charge is 0.750 e. The second-order valence-electron chi connectivity index (χ2n) is 2.62. The molecule has 0 amide bonds. The fourth-order valence-electron chi connectivity index (χ4n) is 0.959. The molecule has 1 aromatic rings. The van der Waals surface area contributed by atoms with Crippen molar-refractivity contribution in [1.29, 1.82) is 0 Å². The van der Waals surface area contributed by atoms with Gasteiger partial charge in [0.05, 0.1) is 18.0 Å². The van der Waals surface area contributed by atoms with Gasteiger partial charge in [-0.05, 0) is 6.07 Å². The highest BCUT2D eigenvalue weighted by Gasteiger charge is 2.31. The fourth-order valence-corrected chi connectivity index (χ4v) is 1.18. The summed E-state index contributed by atoms with van der Waals surface area (Å²) in [5.41, 5.74) is -0.0102. The molecule has 0 aliphatic rings. The molecule has 0 heterocycles. The first-order valence-corrected chi connectivity index (χ1v) is 4.94. The van der Waals surface area contributed by atoms with E-state index in [0.29, 0.717) is 0 Å². The molecule has 1 rings (SSSR count). The molecular weight excluding hydrogens is 249 g/mol. The lowest BCUT2D eigenvalue weighted by molar-refractivity contribution is -0.275. The second-order valence-corrected chi connectivity index (χ2v) is 3.27. The van der Waals surface area contributed by atoms with Crippen molar-refractivity contribution in [3.05, 3.63) is 29.8 Å². The fraction of sp³-hybridized carbons (Fsp3) is 0.250. The molecule has 1 aromatic carbocycles. The molecule has 0 spiro atoms. The number of hydrogen-bond acceptors (Lipinski definition) is 4. The summed E-state index contributed by atoms with van der Waals surface area (Å²) < 4.78 is 63.8. The standard InChI is InChI=1S/C8H7F3O4S/c9-8(10,11)15-7-4-2-1-3-6(7)5-14-16(12)13/h1-4H,5H2,(H,12,13)/p-1. The zero-order chi connectivity index (χ0) is 12.2. The molecule has 90 valence electrons. The predicted molar refractivity (Wildman–Crippen MR) is 46.8 cm³/mol. The van der Waals surface area contributed by atoms with Gasteiger partial charge in [-0.3, -0.25) is 4.18 Å². The number of para-hydroxylation sites is 1. The summed E-state index contributed by atoms with van der Waals surface area (Å²) in [6.45, 7) is -0.512. The van der Waals surface area contributed by atoms with Crippen LogP contribution in [0.15, 0.2) is 24.3 Å². The molecule has 0 N–H and O–H groups in total. The van der Waals surface area contributed by atoms with Crippen LogP contribution in [0, 0.1) is 0 Å². The van der Waals surface area contributed by atoms with Crippen molar-refractivity contribution < 1.29 is 30.9 Å². The maximum atomic E-state index is 11.9. The molecule has 0 saturated carbocycles. The third kappa shape index (κ3) is 4.60. The Morgan fingerprint density at radius 2 is 1.94 bits per heavy atom. The van der Waals surface area contributed by atoms with E-state index in [2.05, 4.69) is 8.92 Å². The van der Waals surface area contributed by atoms with Gasteiger partial charge in [0.2, 0.25) is 0 Å². The lowest BCUT2D eigenvalue weighted by atomic mass is 10.2. The van der Waals surface area contributed by atoms with Gasteiger partial charge in [0.25, 0.3) is 0 Å². The topological polar surface area (TPSA) is 58.6 Å². The molecule has 0 bridgehead atoms. The molecule has 0 aliphatic carbocycles. The summed E-state index contributed by atoms with van der Waals surface area (Å²) >= 11 is -2.78. The molecule has 0 aromatic heterocycles. The molecular formula is C8H6F3O4S-. The number of ether oxygens (including phenoxy) is 1. The molecule has 0 radical (unpaired) electrons. The third-order valence-electron chi connectivity index (χ3n) is 1.51. The van der Waals surface area contributed by atoms with E-state index in [1.807, 2.05) is 0 Å². The lowest BCUT2D eigenvalue weighted by Crippen LogP contribution is -2.18. The van der Waals surface area contributed by atoms with E-state index in [9.17, 15) is 21.9 Å². The molecule has 0 fully saturated rings. The lowest BCUT2D eigenvalue weighted by Gasteiger charge is -2.13. The van der Waals surface area contributed by atoms with Gasteiger partial charge in [0.15, 0.2) is 0 Å². The van der Waals surface area contributed by atoms with Crippen LogP contribution in [-0.4, -0.2) is 15.1 Å². The number of alkyl halides is 3. The van der Waals surface area contributed by atoms with Crippen molar-refractivity contribution in [2.45, 2.75) is 13.0 Å². The van der Waals surface area contributed by atoms with E-state index < -0.39 is 30.1 Å². The maximum Gasteiger partial charge on any atom is 0.573 e. The van der Waals surface area contributed by atoms with E-state index in [1.54, 1.807) is 0 Å². The molecule has 0 saturated heterocycles. The summed E-state index contributed by atoms with van der Waals surface area (Å²) in [7, 11) is 0. The number of halogens is 3. The molecule has 4 nitrogen and oxygen atoms in total. The highest BCUT2D eigenvalue weighted by Crippen LogP contribution is 2.26. The zero-order valence-electron chi connectivity index (χ0n) is 7.69. The van der Waals surface area contributed by atoms with E-state index in [1.165, 1.54) is 18.2 Å². The third-order valence-corrected chi connectivity index (χ3v) is 1.82. The normalized spacial score (nSPS) is 13.5. The SMILES string of the molecule is O=S([O-])OCc1ccccc1OC(F)(F)F. The van der Waals surface area contributed by atoms with Crippen LogP contribution in [0.2, 0.25) is 0 Å². The van der Waals surface area contributed by atoms with Crippen LogP contribution < -0.4 is 4.74 Å². The van der Waals surface area contributed by atoms with Crippen LogP contribution in [0.5, 0.6) is 5.75 Å². The van der Waals surface area contributed by atoms with Gasteiger partial charge in [0.1, 0.15) is 5.75 Å². The molecule has 1 unspecified atom stereocenters. The van der Waals surface area contributed by atoms with Gasteiger partial charge in [-0.25, -0.2) is 4.21 Å². The molecule has 16 heavy (non-hydrogen) atoms. The van der Waals surface area contributed by atoms with E-state index in [0.717, 1.165) is 6.07 Å². The first kappa shape index (κ1) is 12.9. The first-order valence-electron chi connectivity index (χ1n) is 3.94. The van der Waals surface area contributed by atoms with Gasteiger partial charge < -0.3 is 9.29 Å². The number of rotatable bonds is 4. The van der Waals surface area contributed by atoms with E-state index in [-0.39, 0.29) is 5.56 Å². The van der Waals surface area contributed by atoms with E-state index >= 15 is 0 Å². The molecule has 0 aliphatic heterocycles. The average Bonchev–Trinajstić information content (AvgIpc) is 2.14. The van der Waals surface area contributed by atoms with Crippen molar-refractivity contribution in [3.8, 4) is 5.75 Å². The smallest absolute Gasteiger partial charge is 0.573 e. The first-order chi connectivity index (χ1) is 7.38. The summed E-state index contributed by atoms with van der Waals surface area (Å²) in [5.74, 6) is -0.486. The van der Waals surface area contributed by atoms with Gasteiger partial charge in [-0.15, -0.1) is 13.2 Å². The highest BCUT2D eigenvalue weighted by molar-refractivity contribution is 7.74. The average molecular weight is 255 g/mol. The van der Waals surface area contributed by atoms with Crippen LogP contribution >= 0.6 is 0 Å². The Morgan fingerprint density at radius 1 is 1.31 bits per heavy atom. The van der Waals surface area contributed by atoms with Crippen LogP contribution in [0.25, 0.3) is 0 Å². The van der Waals surface area contributed by atoms with Crippen molar-refractivity contribution in [2.24, 2.45) is 0 Å². The Labute approximate surface area is 91.5 Å². The summed E-state index contributed by atoms with van der Waals surface area (Å²) in [4.78, 5) is 0. The molecule has 1 atom stereocenters. The van der Waals surface area contributed by atoms with Crippen LogP contribution in [0.4, 0.5) is 13.2 Å². The predicted octanol–water partition coefficient (Wildman–Crippen LogP) is 1.90. The van der Waals surface area contributed by atoms with E-state index in [4.69, 9.17) is 0 Å². The van der Waals surface area contributed by atoms with Crippen LogP contribution in [-0.2, 0) is 22.2 Å². The summed E-state index contributed by atoms with van der Waals surface area (Å²) in [6, 6.07) is 5.11. The van der Waals surface area contributed by atoms with Gasteiger partial charge in [-0.1, -0.05) is 18.2 Å². The Morgan fingerprint density at radius 3 is 2.50 bits per heavy atom. The minimum Gasteiger partial charge on any atom is -0.750 e. The van der Waals surface area contributed by atoms with Gasteiger partial charge in [-0.2, -0.15) is 0 Å². The quantitative estimate of drug-likeness (QED) is 0.771. The maximum absolute atomic E-state index is 11.9. The summed E-state index contributed by atoms with van der Waals surface area (Å²) in [6.07, 6.45) is -4.83. The summed E-state index contributed by atoms with van der Waals surface area (Å²) in [5, 5.41) is 0.